The Kier molecular flexibility index (Phi) is 4.88. The maximum atomic E-state index is 13.2. The quantitative estimate of drug-likeness (QED) is 0.845. The van der Waals surface area contributed by atoms with E-state index in [0.29, 0.717) is 0 Å². The van der Waals surface area contributed by atoms with Crippen LogP contribution in [0.2, 0.25) is 0 Å². The smallest absolute Gasteiger partial charge is 0.361 e. The van der Waals surface area contributed by atoms with Crippen LogP contribution in [-0.2, 0) is 16.0 Å². The number of carbonyl (C=O) groups excluding carboxylic acids is 2. The second kappa shape index (κ2) is 7.11. The van der Waals surface area contributed by atoms with Gasteiger partial charge in [0.05, 0.1) is 0 Å². The Morgan fingerprint density at radius 1 is 1.23 bits per heavy atom. The van der Waals surface area contributed by atoms with Crippen LogP contribution >= 0.6 is 0 Å². The minimum absolute atomic E-state index is 0.00133. The number of hydrogen-bond acceptors (Lipinski definition) is 6. The predicted molar refractivity (Wildman–Crippen MR) is 97.6 cm³/mol. The SMILES string of the molecule is CC(C)C(OC(=O)c1nccnc1N)C(=O)N1c2ccccc2CC1C. The first-order valence-corrected chi connectivity index (χ1v) is 8.58. The molecule has 0 saturated heterocycles. The minimum Gasteiger partial charge on any atom is -0.447 e. The van der Waals surface area contributed by atoms with Crippen molar-refractivity contribution >= 4 is 23.4 Å². The highest BCUT2D eigenvalue weighted by Crippen LogP contribution is 2.33. The summed E-state index contributed by atoms with van der Waals surface area (Å²) in [7, 11) is 0. The number of hydrogen-bond donors (Lipinski definition) is 1. The number of para-hydroxylation sites is 1. The number of amides is 1. The molecule has 0 spiro atoms. The van der Waals surface area contributed by atoms with Gasteiger partial charge in [0.15, 0.2) is 17.6 Å². The Balaban J connectivity index is 1.86. The van der Waals surface area contributed by atoms with E-state index in [-0.39, 0.29) is 29.4 Å². The number of aromatic nitrogens is 2. The van der Waals surface area contributed by atoms with E-state index in [1.54, 1.807) is 4.90 Å². The highest BCUT2D eigenvalue weighted by molar-refractivity contribution is 6.01. The van der Waals surface area contributed by atoms with Gasteiger partial charge >= 0.3 is 5.97 Å². The number of esters is 1. The summed E-state index contributed by atoms with van der Waals surface area (Å²) in [6, 6.07) is 7.78. The molecule has 3 rings (SSSR count). The monoisotopic (exact) mass is 354 g/mol. The lowest BCUT2D eigenvalue weighted by Crippen LogP contribution is -2.46. The molecule has 2 aromatic rings. The van der Waals surface area contributed by atoms with Crippen molar-refractivity contribution in [2.24, 2.45) is 5.92 Å². The summed E-state index contributed by atoms with van der Waals surface area (Å²) in [6.07, 6.45) is 2.59. The molecule has 0 aliphatic carbocycles. The van der Waals surface area contributed by atoms with Crippen LogP contribution in [0.4, 0.5) is 11.5 Å². The standard InChI is InChI=1S/C19H22N4O3/c1-11(2)16(26-19(25)15-17(20)22-9-8-21-15)18(24)23-12(3)10-13-6-4-5-7-14(13)23/h4-9,11-12,16H,10H2,1-3H3,(H2,20,22). The molecule has 7 heteroatoms. The zero-order valence-electron chi connectivity index (χ0n) is 15.0. The van der Waals surface area contributed by atoms with Gasteiger partial charge in [0.2, 0.25) is 0 Å². The van der Waals surface area contributed by atoms with E-state index in [9.17, 15) is 9.59 Å². The zero-order chi connectivity index (χ0) is 18.8. The summed E-state index contributed by atoms with van der Waals surface area (Å²) < 4.78 is 5.50. The van der Waals surface area contributed by atoms with Crippen LogP contribution in [0, 0.1) is 5.92 Å². The molecular formula is C19H22N4O3. The molecule has 2 atom stereocenters. The van der Waals surface area contributed by atoms with E-state index in [4.69, 9.17) is 10.5 Å². The van der Waals surface area contributed by atoms with Crippen molar-refractivity contribution in [2.75, 3.05) is 10.6 Å². The maximum absolute atomic E-state index is 13.2. The van der Waals surface area contributed by atoms with Crippen molar-refractivity contribution in [3.63, 3.8) is 0 Å². The molecule has 1 aliphatic rings. The molecule has 1 aliphatic heterocycles. The second-order valence-electron chi connectivity index (χ2n) is 6.75. The lowest BCUT2D eigenvalue weighted by molar-refractivity contribution is -0.129. The first-order chi connectivity index (χ1) is 12.4. The van der Waals surface area contributed by atoms with Crippen molar-refractivity contribution in [2.45, 2.75) is 39.3 Å². The summed E-state index contributed by atoms with van der Waals surface area (Å²) in [4.78, 5) is 35.1. The van der Waals surface area contributed by atoms with Gasteiger partial charge in [0.1, 0.15) is 0 Å². The fourth-order valence-electron chi connectivity index (χ4n) is 3.19. The molecule has 136 valence electrons. The summed E-state index contributed by atoms with van der Waals surface area (Å²) in [5.41, 5.74) is 7.58. The van der Waals surface area contributed by atoms with Crippen LogP contribution in [0.3, 0.4) is 0 Å². The number of benzene rings is 1. The Labute approximate surface area is 152 Å². The second-order valence-corrected chi connectivity index (χ2v) is 6.75. The van der Waals surface area contributed by atoms with Crippen molar-refractivity contribution in [1.82, 2.24) is 9.97 Å². The molecule has 1 aromatic carbocycles. The number of rotatable bonds is 4. The third kappa shape index (κ3) is 3.24. The van der Waals surface area contributed by atoms with E-state index >= 15 is 0 Å². The molecule has 1 amide bonds. The topological polar surface area (TPSA) is 98.4 Å². The molecule has 0 bridgehead atoms. The number of anilines is 2. The highest BCUT2D eigenvalue weighted by atomic mass is 16.5. The van der Waals surface area contributed by atoms with Crippen LogP contribution in [0.25, 0.3) is 0 Å². The lowest BCUT2D eigenvalue weighted by atomic mass is 10.1. The average Bonchev–Trinajstić information content (AvgIpc) is 2.94. The van der Waals surface area contributed by atoms with Crippen molar-refractivity contribution in [3.05, 3.63) is 47.9 Å². The van der Waals surface area contributed by atoms with Crippen LogP contribution in [0.5, 0.6) is 0 Å². The van der Waals surface area contributed by atoms with E-state index in [1.807, 2.05) is 45.0 Å². The van der Waals surface area contributed by atoms with Gasteiger partial charge in [-0.3, -0.25) is 4.79 Å². The largest absolute Gasteiger partial charge is 0.447 e. The van der Waals surface area contributed by atoms with Gasteiger partial charge in [-0.2, -0.15) is 0 Å². The third-order valence-electron chi connectivity index (χ3n) is 4.45. The summed E-state index contributed by atoms with van der Waals surface area (Å²) in [5, 5.41) is 0. The van der Waals surface area contributed by atoms with Crippen LogP contribution in [0.1, 0.15) is 36.8 Å². The molecular weight excluding hydrogens is 332 g/mol. The molecule has 1 aromatic heterocycles. The number of ether oxygens (including phenoxy) is 1. The van der Waals surface area contributed by atoms with Gasteiger partial charge in [-0.25, -0.2) is 14.8 Å². The van der Waals surface area contributed by atoms with Gasteiger partial charge in [-0.15, -0.1) is 0 Å². The number of carbonyl (C=O) groups is 2. The first-order valence-electron chi connectivity index (χ1n) is 8.58. The van der Waals surface area contributed by atoms with E-state index in [2.05, 4.69) is 9.97 Å². The average molecular weight is 354 g/mol. The molecule has 2 N–H and O–H groups in total. The summed E-state index contributed by atoms with van der Waals surface area (Å²) >= 11 is 0. The van der Waals surface area contributed by atoms with E-state index in [1.165, 1.54) is 12.4 Å². The lowest BCUT2D eigenvalue weighted by Gasteiger charge is -2.29. The highest BCUT2D eigenvalue weighted by Gasteiger charge is 2.38. The van der Waals surface area contributed by atoms with Crippen LogP contribution in [-0.4, -0.2) is 34.0 Å². The van der Waals surface area contributed by atoms with E-state index < -0.39 is 12.1 Å². The van der Waals surface area contributed by atoms with Crippen molar-refractivity contribution in [1.29, 1.82) is 0 Å². The van der Waals surface area contributed by atoms with Crippen LogP contribution in [0.15, 0.2) is 36.7 Å². The predicted octanol–water partition coefficient (Wildman–Crippen LogP) is 2.22. The van der Waals surface area contributed by atoms with Crippen LogP contribution < -0.4 is 10.6 Å². The normalized spacial score (nSPS) is 17.1. The molecule has 0 fully saturated rings. The number of nitrogen functional groups attached to an aromatic ring is 1. The Morgan fingerprint density at radius 3 is 2.62 bits per heavy atom. The van der Waals surface area contributed by atoms with Gasteiger partial charge < -0.3 is 15.4 Å². The van der Waals surface area contributed by atoms with Crippen molar-refractivity contribution in [3.8, 4) is 0 Å². The Bertz CT molecular complexity index is 837. The molecule has 2 unspecified atom stereocenters. The molecule has 0 saturated carbocycles. The maximum Gasteiger partial charge on any atom is 0.361 e. The summed E-state index contributed by atoms with van der Waals surface area (Å²) in [6.45, 7) is 5.66. The van der Waals surface area contributed by atoms with E-state index in [0.717, 1.165) is 17.7 Å². The molecule has 26 heavy (non-hydrogen) atoms. The third-order valence-corrected chi connectivity index (χ3v) is 4.45. The zero-order valence-corrected chi connectivity index (χ0v) is 15.0. The van der Waals surface area contributed by atoms with Gasteiger partial charge in [0, 0.05) is 24.1 Å². The first kappa shape index (κ1) is 17.8. The number of nitrogens with zero attached hydrogens (tertiary/aromatic N) is 3. The van der Waals surface area contributed by atoms with Gasteiger partial charge in [0.25, 0.3) is 5.91 Å². The van der Waals surface area contributed by atoms with Crippen molar-refractivity contribution < 1.29 is 14.3 Å². The number of nitrogens with two attached hydrogens (primary N) is 1. The Hall–Kier alpha value is -2.96. The number of fused-ring (bicyclic) bond motifs is 1. The van der Waals surface area contributed by atoms with Gasteiger partial charge in [-0.05, 0) is 30.9 Å². The Morgan fingerprint density at radius 2 is 1.92 bits per heavy atom. The summed E-state index contributed by atoms with van der Waals surface area (Å²) in [5.74, 6) is -1.22. The molecule has 7 nitrogen and oxygen atoms in total. The fourth-order valence-corrected chi connectivity index (χ4v) is 3.19. The van der Waals surface area contributed by atoms with Gasteiger partial charge in [-0.1, -0.05) is 32.0 Å². The fraction of sp³-hybridized carbons (Fsp3) is 0.368. The minimum atomic E-state index is -0.933. The molecule has 2 heterocycles. The molecule has 0 radical (unpaired) electrons.